The number of ketones is 1. The smallest absolute Gasteiger partial charge is 0.278 e. The van der Waals surface area contributed by atoms with E-state index in [1.165, 1.54) is 6.33 Å². The number of benzene rings is 1. The van der Waals surface area contributed by atoms with Crippen LogP contribution in [-0.4, -0.2) is 37.1 Å². The van der Waals surface area contributed by atoms with Crippen LogP contribution in [0.15, 0.2) is 41.5 Å². The molecule has 0 aliphatic heterocycles. The Bertz CT molecular complexity index is 840. The Balaban J connectivity index is 1.84. The summed E-state index contributed by atoms with van der Waals surface area (Å²) in [5.41, 5.74) is 0.324. The number of aromatic nitrogens is 4. The molecule has 0 amide bonds. The Morgan fingerprint density at radius 3 is 2.81 bits per heavy atom. The summed E-state index contributed by atoms with van der Waals surface area (Å²) in [6, 6.07) is 8.31. The fraction of sp³-hybridized carbons (Fsp3) is 0.0769. The predicted octanol–water partition coefficient (Wildman–Crippen LogP) is 0.259. The number of fused-ring (bicyclic) bond motifs is 1. The topological polar surface area (TPSA) is 124 Å². The average molecular weight is 285 g/mol. The number of nitrogens with zero attached hydrogens (tertiary/aromatic N) is 2. The minimum absolute atomic E-state index is 0.0311. The van der Waals surface area contributed by atoms with Gasteiger partial charge in [0.25, 0.3) is 5.56 Å². The molecule has 8 heteroatoms. The molecule has 0 fully saturated rings. The maximum absolute atomic E-state index is 12.0. The summed E-state index contributed by atoms with van der Waals surface area (Å²) in [4.78, 5) is 36.6. The van der Waals surface area contributed by atoms with Crippen molar-refractivity contribution in [3.8, 4) is 0 Å². The highest BCUT2D eigenvalue weighted by Crippen LogP contribution is 2.07. The van der Waals surface area contributed by atoms with Crippen molar-refractivity contribution >= 4 is 22.9 Å². The number of hydrogen-bond donors (Lipinski definition) is 4. The van der Waals surface area contributed by atoms with Crippen LogP contribution in [0.2, 0.25) is 0 Å². The Morgan fingerprint density at radius 1 is 1.29 bits per heavy atom. The molecule has 0 aliphatic carbocycles. The summed E-state index contributed by atoms with van der Waals surface area (Å²) < 4.78 is 0. The number of H-pyrrole nitrogens is 2. The normalized spacial score (nSPS) is 12.2. The summed E-state index contributed by atoms with van der Waals surface area (Å²) in [6.07, 6.45) is -0.186. The van der Waals surface area contributed by atoms with Crippen LogP contribution in [0.25, 0.3) is 11.2 Å². The highest BCUT2D eigenvalue weighted by molar-refractivity contribution is 6.00. The molecule has 3 rings (SSSR count). The van der Waals surface area contributed by atoms with Crippen LogP contribution < -0.4 is 10.9 Å². The molecule has 2 heterocycles. The number of rotatable bonds is 4. The summed E-state index contributed by atoms with van der Waals surface area (Å²) in [7, 11) is 0. The largest absolute Gasteiger partial charge is 0.367 e. The second-order valence-corrected chi connectivity index (χ2v) is 4.29. The Hall–Kier alpha value is -3.00. The first-order valence-corrected chi connectivity index (χ1v) is 6.12. The van der Waals surface area contributed by atoms with E-state index in [1.807, 2.05) is 0 Å². The lowest BCUT2D eigenvalue weighted by Gasteiger charge is -2.11. The summed E-state index contributed by atoms with van der Waals surface area (Å²) >= 11 is 0. The summed E-state index contributed by atoms with van der Waals surface area (Å²) in [5, 5.41) is 12.3. The number of carbonyl (C=O) groups excluding carboxylic acids is 1. The molecular formula is C13H11N5O3. The van der Waals surface area contributed by atoms with Gasteiger partial charge in [0.2, 0.25) is 11.7 Å². The highest BCUT2D eigenvalue weighted by Gasteiger charge is 2.18. The monoisotopic (exact) mass is 285 g/mol. The second kappa shape index (κ2) is 5.17. The second-order valence-electron chi connectivity index (χ2n) is 4.29. The molecule has 1 atom stereocenters. The van der Waals surface area contributed by atoms with Crippen molar-refractivity contribution in [3.63, 3.8) is 0 Å². The molecule has 1 unspecified atom stereocenters. The van der Waals surface area contributed by atoms with Gasteiger partial charge in [-0.1, -0.05) is 30.3 Å². The zero-order chi connectivity index (χ0) is 14.8. The van der Waals surface area contributed by atoms with Gasteiger partial charge in [0, 0.05) is 5.56 Å². The van der Waals surface area contributed by atoms with Gasteiger partial charge in [-0.3, -0.25) is 14.6 Å². The van der Waals surface area contributed by atoms with Crippen molar-refractivity contribution in [2.75, 3.05) is 5.32 Å². The summed E-state index contributed by atoms with van der Waals surface area (Å²) in [6.45, 7) is 0. The van der Waals surface area contributed by atoms with Gasteiger partial charge in [0.05, 0.1) is 6.33 Å². The minimum Gasteiger partial charge on any atom is -0.367 e. The van der Waals surface area contributed by atoms with Gasteiger partial charge < -0.3 is 15.4 Å². The molecule has 0 spiro atoms. The lowest BCUT2D eigenvalue weighted by atomic mass is 10.1. The van der Waals surface area contributed by atoms with Gasteiger partial charge in [-0.2, -0.15) is 4.98 Å². The molecule has 0 bridgehead atoms. The predicted molar refractivity (Wildman–Crippen MR) is 74.9 cm³/mol. The zero-order valence-corrected chi connectivity index (χ0v) is 10.7. The molecule has 0 saturated heterocycles. The number of aliphatic hydroxyl groups is 1. The fourth-order valence-corrected chi connectivity index (χ4v) is 1.87. The number of anilines is 1. The molecule has 1 aromatic carbocycles. The molecule has 21 heavy (non-hydrogen) atoms. The van der Waals surface area contributed by atoms with E-state index in [2.05, 4.69) is 25.3 Å². The van der Waals surface area contributed by atoms with Gasteiger partial charge in [-0.05, 0) is 0 Å². The van der Waals surface area contributed by atoms with Crippen molar-refractivity contribution < 1.29 is 9.90 Å². The molecule has 0 aliphatic rings. The molecule has 8 nitrogen and oxygen atoms in total. The van der Waals surface area contributed by atoms with E-state index >= 15 is 0 Å². The number of imidazole rings is 1. The molecule has 4 N–H and O–H groups in total. The van der Waals surface area contributed by atoms with Crippen molar-refractivity contribution in [3.05, 3.63) is 52.6 Å². The number of carbonyl (C=O) groups is 1. The first-order valence-electron chi connectivity index (χ1n) is 6.12. The van der Waals surface area contributed by atoms with E-state index in [4.69, 9.17) is 0 Å². The molecule has 106 valence electrons. The molecule has 0 saturated carbocycles. The third-order valence-corrected chi connectivity index (χ3v) is 2.88. The van der Waals surface area contributed by atoms with E-state index in [9.17, 15) is 14.7 Å². The van der Waals surface area contributed by atoms with E-state index < -0.39 is 17.6 Å². The van der Waals surface area contributed by atoms with Crippen LogP contribution >= 0.6 is 0 Å². The number of Topliss-reactive ketones (excluding diaryl/α,β-unsaturated/α-hetero) is 1. The fourth-order valence-electron chi connectivity index (χ4n) is 1.87. The standard InChI is InChI=1S/C13H11N5O3/c19-9(7-4-2-1-3-5-7)12(21)18-13-16-10-8(11(20)17-13)14-6-15-10/h1-6,12,21H,(H3,14,15,16,17,18,20). The maximum atomic E-state index is 12.0. The molecule has 0 radical (unpaired) electrons. The van der Waals surface area contributed by atoms with Gasteiger partial charge in [-0.25, -0.2) is 4.98 Å². The van der Waals surface area contributed by atoms with Gasteiger partial charge in [0.1, 0.15) is 0 Å². The molecular weight excluding hydrogens is 274 g/mol. The lowest BCUT2D eigenvalue weighted by Crippen LogP contribution is -2.31. The SMILES string of the molecule is O=C(c1ccccc1)C(O)Nc1nc2nc[nH]c2c(=O)[nH]1. The number of aromatic amines is 2. The van der Waals surface area contributed by atoms with E-state index in [0.29, 0.717) is 5.56 Å². The van der Waals surface area contributed by atoms with E-state index in [1.54, 1.807) is 30.3 Å². The van der Waals surface area contributed by atoms with Crippen LogP contribution in [-0.2, 0) is 0 Å². The number of hydrogen-bond acceptors (Lipinski definition) is 6. The third-order valence-electron chi connectivity index (χ3n) is 2.88. The lowest BCUT2D eigenvalue weighted by molar-refractivity contribution is 0.0792. The van der Waals surface area contributed by atoms with Crippen molar-refractivity contribution in [2.24, 2.45) is 0 Å². The van der Waals surface area contributed by atoms with Crippen molar-refractivity contribution in [1.29, 1.82) is 0 Å². The Labute approximate surface area is 117 Å². The van der Waals surface area contributed by atoms with Crippen molar-refractivity contribution in [1.82, 2.24) is 19.9 Å². The number of nitrogens with one attached hydrogen (secondary N) is 3. The third kappa shape index (κ3) is 2.51. The first kappa shape index (κ1) is 13.0. The minimum atomic E-state index is -1.52. The van der Waals surface area contributed by atoms with Crippen LogP contribution in [0.4, 0.5) is 5.95 Å². The maximum Gasteiger partial charge on any atom is 0.278 e. The Morgan fingerprint density at radius 2 is 2.05 bits per heavy atom. The van der Waals surface area contributed by atoms with E-state index in [0.717, 1.165) is 0 Å². The van der Waals surface area contributed by atoms with Gasteiger partial charge in [0.15, 0.2) is 17.4 Å². The number of aliphatic hydroxyl groups excluding tert-OH is 1. The molecule has 3 aromatic rings. The van der Waals surface area contributed by atoms with E-state index in [-0.39, 0.29) is 17.1 Å². The van der Waals surface area contributed by atoms with Crippen LogP contribution in [0, 0.1) is 0 Å². The zero-order valence-electron chi connectivity index (χ0n) is 10.7. The first-order chi connectivity index (χ1) is 10.1. The average Bonchev–Trinajstić information content (AvgIpc) is 2.96. The molecule has 2 aromatic heterocycles. The summed E-state index contributed by atoms with van der Waals surface area (Å²) in [5.74, 6) is -0.559. The van der Waals surface area contributed by atoms with Crippen LogP contribution in [0.1, 0.15) is 10.4 Å². The highest BCUT2D eigenvalue weighted by atomic mass is 16.3. The van der Waals surface area contributed by atoms with Crippen molar-refractivity contribution in [2.45, 2.75) is 6.23 Å². The van der Waals surface area contributed by atoms with Gasteiger partial charge >= 0.3 is 0 Å². The van der Waals surface area contributed by atoms with Gasteiger partial charge in [-0.15, -0.1) is 0 Å². The quantitative estimate of drug-likeness (QED) is 0.402. The van der Waals surface area contributed by atoms with Crippen LogP contribution in [0.3, 0.4) is 0 Å². The Kier molecular flexibility index (Phi) is 3.20. The van der Waals surface area contributed by atoms with Crippen LogP contribution in [0.5, 0.6) is 0 Å².